The highest BCUT2D eigenvalue weighted by Gasteiger charge is 2.68. The van der Waals surface area contributed by atoms with Gasteiger partial charge in [-0.05, 0) is 38.5 Å². The molecule has 0 spiro atoms. The molecular weight excluding hydrogens is 244 g/mol. The van der Waals surface area contributed by atoms with E-state index in [1.165, 1.54) is 0 Å². The average Bonchev–Trinajstić information content (AvgIpc) is 2.57. The molecule has 2 fully saturated rings. The van der Waals surface area contributed by atoms with E-state index < -0.39 is 22.6 Å². The van der Waals surface area contributed by atoms with E-state index in [9.17, 15) is 15.0 Å². The number of hydrogen-bond acceptors (Lipinski definition) is 3. The highest BCUT2D eigenvalue weighted by Crippen LogP contribution is 2.61. The van der Waals surface area contributed by atoms with E-state index in [0.29, 0.717) is 32.1 Å². The summed E-state index contributed by atoms with van der Waals surface area (Å²) in [4.78, 5) is 11.9. The van der Waals surface area contributed by atoms with Crippen molar-refractivity contribution in [2.24, 2.45) is 5.41 Å². The van der Waals surface area contributed by atoms with E-state index in [0.717, 1.165) is 6.42 Å². The van der Waals surface area contributed by atoms with Crippen molar-refractivity contribution in [2.45, 2.75) is 49.7 Å². The van der Waals surface area contributed by atoms with Gasteiger partial charge in [-0.1, -0.05) is 12.2 Å². The number of carboxylic acid groups (broad SMARTS) is 1. The van der Waals surface area contributed by atoms with Gasteiger partial charge in [-0.3, -0.25) is 4.79 Å². The van der Waals surface area contributed by atoms with Gasteiger partial charge in [0.25, 0.3) is 0 Å². The van der Waals surface area contributed by atoms with Crippen LogP contribution in [0.15, 0.2) is 25.3 Å². The zero-order chi connectivity index (χ0) is 14.1. The molecule has 0 amide bonds. The molecule has 1 saturated heterocycles. The Morgan fingerprint density at radius 1 is 1.26 bits per heavy atom. The van der Waals surface area contributed by atoms with Crippen molar-refractivity contribution < 1.29 is 19.7 Å². The maximum atomic E-state index is 11.9. The van der Waals surface area contributed by atoms with Gasteiger partial charge in [-0.2, -0.15) is 0 Å². The standard InChI is InChI=1S/C15H22O4/c1-3-6-15(7-4-2)14(12(17)18)9-5-8-13(10-14,11-16)19-15/h3-4,16H,1-2,5-11H2,(H,17,18)/t13-,14+/m1/s1. The van der Waals surface area contributed by atoms with E-state index in [-0.39, 0.29) is 6.61 Å². The summed E-state index contributed by atoms with van der Waals surface area (Å²) in [7, 11) is 0. The molecule has 19 heavy (non-hydrogen) atoms. The van der Waals surface area contributed by atoms with Crippen LogP contribution < -0.4 is 0 Å². The van der Waals surface area contributed by atoms with E-state index in [4.69, 9.17) is 4.74 Å². The molecule has 2 rings (SSSR count). The first-order valence-electron chi connectivity index (χ1n) is 6.76. The van der Waals surface area contributed by atoms with Gasteiger partial charge in [0.2, 0.25) is 0 Å². The van der Waals surface area contributed by atoms with Crippen molar-refractivity contribution in [3.05, 3.63) is 25.3 Å². The van der Waals surface area contributed by atoms with Gasteiger partial charge in [0.15, 0.2) is 0 Å². The van der Waals surface area contributed by atoms with Gasteiger partial charge in [-0.15, -0.1) is 13.2 Å². The first-order chi connectivity index (χ1) is 9.00. The fourth-order valence-electron chi connectivity index (χ4n) is 4.00. The van der Waals surface area contributed by atoms with Crippen molar-refractivity contribution in [1.82, 2.24) is 0 Å². The fourth-order valence-corrected chi connectivity index (χ4v) is 4.00. The van der Waals surface area contributed by atoms with Crippen molar-refractivity contribution >= 4 is 5.97 Å². The van der Waals surface area contributed by atoms with Gasteiger partial charge in [-0.25, -0.2) is 0 Å². The third-order valence-corrected chi connectivity index (χ3v) is 4.79. The first-order valence-corrected chi connectivity index (χ1v) is 6.76. The molecular formula is C15H22O4. The Balaban J connectivity index is 2.52. The summed E-state index contributed by atoms with van der Waals surface area (Å²) in [5, 5.41) is 19.4. The van der Waals surface area contributed by atoms with Crippen LogP contribution >= 0.6 is 0 Å². The summed E-state index contributed by atoms with van der Waals surface area (Å²) in [6.07, 6.45) is 6.80. The normalized spacial score (nSPS) is 35.8. The zero-order valence-electron chi connectivity index (χ0n) is 11.2. The largest absolute Gasteiger partial charge is 0.481 e. The number of ether oxygens (including phenoxy) is 1. The van der Waals surface area contributed by atoms with E-state index >= 15 is 0 Å². The Morgan fingerprint density at radius 2 is 1.89 bits per heavy atom. The van der Waals surface area contributed by atoms with Crippen molar-refractivity contribution in [2.75, 3.05) is 6.61 Å². The molecule has 0 unspecified atom stereocenters. The molecule has 1 heterocycles. The van der Waals surface area contributed by atoms with Gasteiger partial charge >= 0.3 is 5.97 Å². The summed E-state index contributed by atoms with van der Waals surface area (Å²) in [5.41, 5.74) is -2.46. The fraction of sp³-hybridized carbons (Fsp3) is 0.667. The second-order valence-electron chi connectivity index (χ2n) is 5.84. The molecule has 0 aromatic heterocycles. The summed E-state index contributed by atoms with van der Waals surface area (Å²) < 4.78 is 6.18. The number of rotatable bonds is 6. The van der Waals surface area contributed by atoms with Gasteiger partial charge in [0.05, 0.1) is 17.8 Å². The molecule has 1 saturated carbocycles. The molecule has 2 aliphatic rings. The van der Waals surface area contributed by atoms with Crippen molar-refractivity contribution in [3.63, 3.8) is 0 Å². The summed E-state index contributed by atoms with van der Waals surface area (Å²) in [6.45, 7) is 7.34. The predicted molar refractivity (Wildman–Crippen MR) is 71.8 cm³/mol. The average molecular weight is 266 g/mol. The van der Waals surface area contributed by atoms with Gasteiger partial charge in [0.1, 0.15) is 5.41 Å². The lowest BCUT2D eigenvalue weighted by atomic mass is 9.61. The second kappa shape index (κ2) is 4.76. The Morgan fingerprint density at radius 3 is 2.37 bits per heavy atom. The molecule has 4 heteroatoms. The maximum Gasteiger partial charge on any atom is 0.312 e. The Bertz CT molecular complexity index is 393. The zero-order valence-corrected chi connectivity index (χ0v) is 11.2. The van der Waals surface area contributed by atoms with Crippen LogP contribution in [0.5, 0.6) is 0 Å². The minimum absolute atomic E-state index is 0.127. The lowest BCUT2D eigenvalue weighted by molar-refractivity contribution is -0.166. The summed E-state index contributed by atoms with van der Waals surface area (Å²) in [6, 6.07) is 0. The van der Waals surface area contributed by atoms with Crippen LogP contribution in [0, 0.1) is 5.41 Å². The van der Waals surface area contributed by atoms with Crippen molar-refractivity contribution in [3.8, 4) is 0 Å². The molecule has 0 aromatic carbocycles. The van der Waals surface area contributed by atoms with Crippen LogP contribution in [0.25, 0.3) is 0 Å². The number of aliphatic hydroxyl groups excluding tert-OH is 1. The minimum Gasteiger partial charge on any atom is -0.481 e. The minimum atomic E-state index is -0.934. The predicted octanol–water partition coefficient (Wildman–Crippen LogP) is 2.28. The van der Waals surface area contributed by atoms with Crippen LogP contribution in [0.1, 0.15) is 38.5 Å². The number of carboxylic acids is 1. The second-order valence-corrected chi connectivity index (χ2v) is 5.84. The maximum absolute atomic E-state index is 11.9. The smallest absolute Gasteiger partial charge is 0.312 e. The van der Waals surface area contributed by atoms with Crippen LogP contribution in [-0.4, -0.2) is 34.0 Å². The monoisotopic (exact) mass is 266 g/mol. The molecule has 2 bridgehead atoms. The number of aliphatic carboxylic acids is 1. The third kappa shape index (κ3) is 1.85. The Labute approximate surface area is 113 Å². The molecule has 2 N–H and O–H groups in total. The highest BCUT2D eigenvalue weighted by molar-refractivity contribution is 5.77. The number of hydrogen-bond donors (Lipinski definition) is 2. The van der Waals surface area contributed by atoms with Crippen LogP contribution in [-0.2, 0) is 9.53 Å². The summed E-state index contributed by atoms with van der Waals surface area (Å²) >= 11 is 0. The number of fused-ring (bicyclic) bond motifs is 2. The van der Waals surface area contributed by atoms with E-state index in [1.807, 2.05) is 0 Å². The molecule has 1 aliphatic carbocycles. The van der Waals surface area contributed by atoms with Gasteiger partial charge in [0, 0.05) is 0 Å². The molecule has 4 nitrogen and oxygen atoms in total. The Hall–Kier alpha value is -1.13. The summed E-state index contributed by atoms with van der Waals surface area (Å²) in [5.74, 6) is -0.828. The number of aliphatic hydroxyl groups is 1. The topological polar surface area (TPSA) is 66.8 Å². The molecule has 106 valence electrons. The molecule has 2 atom stereocenters. The van der Waals surface area contributed by atoms with E-state index in [1.54, 1.807) is 12.2 Å². The number of carbonyl (C=O) groups is 1. The highest BCUT2D eigenvalue weighted by atomic mass is 16.5. The Kier molecular flexibility index (Phi) is 3.58. The molecule has 1 aliphatic heterocycles. The molecule has 0 aromatic rings. The van der Waals surface area contributed by atoms with Gasteiger partial charge < -0.3 is 14.9 Å². The van der Waals surface area contributed by atoms with Crippen LogP contribution in [0.4, 0.5) is 0 Å². The first kappa shape index (κ1) is 14.3. The van der Waals surface area contributed by atoms with Crippen molar-refractivity contribution in [1.29, 1.82) is 0 Å². The lowest BCUT2D eigenvalue weighted by Crippen LogP contribution is -2.50. The third-order valence-electron chi connectivity index (χ3n) is 4.79. The molecule has 0 radical (unpaired) electrons. The SMILES string of the molecule is C=CCC1(CC=C)O[C@]2(CO)CCC[C@@]1(C(=O)O)C2. The van der Waals surface area contributed by atoms with Crippen LogP contribution in [0.2, 0.25) is 0 Å². The lowest BCUT2D eigenvalue weighted by Gasteiger charge is -2.40. The van der Waals surface area contributed by atoms with Crippen LogP contribution in [0.3, 0.4) is 0 Å². The quantitative estimate of drug-likeness (QED) is 0.724. The van der Waals surface area contributed by atoms with E-state index in [2.05, 4.69) is 13.2 Å².